The molecular formula is C18H35O2. The molecule has 0 amide bonds. The normalized spacial score (nSPS) is 12.9. The maximum atomic E-state index is 10.2. The van der Waals surface area contributed by atoms with Gasteiger partial charge in [-0.1, -0.05) is 45.3 Å². The van der Waals surface area contributed by atoms with Crippen molar-refractivity contribution in [2.24, 2.45) is 11.8 Å². The van der Waals surface area contributed by atoms with E-state index in [4.69, 9.17) is 0 Å². The van der Waals surface area contributed by atoms with Gasteiger partial charge in [0.15, 0.2) is 0 Å². The third-order valence-electron chi connectivity index (χ3n) is 3.47. The molecule has 0 N–H and O–H groups in total. The fraction of sp³-hybridized carbons (Fsp3) is 0.833. The molecule has 0 aliphatic heterocycles. The van der Waals surface area contributed by atoms with Gasteiger partial charge in [-0.15, -0.1) is 0 Å². The first-order chi connectivity index (χ1) is 9.51. The summed E-state index contributed by atoms with van der Waals surface area (Å²) in [4.78, 5) is 10.2. The zero-order chi connectivity index (χ0) is 15.8. The molecule has 0 aromatic heterocycles. The van der Waals surface area contributed by atoms with Crippen molar-refractivity contribution in [3.8, 4) is 0 Å². The summed E-state index contributed by atoms with van der Waals surface area (Å²) in [7, 11) is 0. The van der Waals surface area contributed by atoms with E-state index in [2.05, 4.69) is 40.7 Å². The van der Waals surface area contributed by atoms with Crippen molar-refractivity contribution in [1.29, 1.82) is 0 Å². The van der Waals surface area contributed by atoms with Crippen LogP contribution in [0.4, 0.5) is 0 Å². The molecule has 20 heavy (non-hydrogen) atoms. The lowest BCUT2D eigenvalue weighted by molar-refractivity contribution is -0.111. The zero-order valence-electron chi connectivity index (χ0n) is 14.3. The van der Waals surface area contributed by atoms with Crippen LogP contribution in [0.3, 0.4) is 0 Å². The molecule has 0 fully saturated rings. The number of rotatable bonds is 10. The number of hydrogen-bond acceptors (Lipinski definition) is 1. The second kappa shape index (κ2) is 16.4. The Balaban J connectivity index is 0. The van der Waals surface area contributed by atoms with Crippen LogP contribution in [0.1, 0.15) is 79.6 Å². The molecule has 2 unspecified atom stereocenters. The van der Waals surface area contributed by atoms with Crippen molar-refractivity contribution in [2.75, 3.05) is 6.61 Å². The van der Waals surface area contributed by atoms with Crippen LogP contribution in [0.25, 0.3) is 0 Å². The van der Waals surface area contributed by atoms with Crippen molar-refractivity contribution in [1.82, 2.24) is 0 Å². The molecule has 0 saturated heterocycles. The monoisotopic (exact) mass is 283 g/mol. The minimum absolute atomic E-state index is 0.0794. The van der Waals surface area contributed by atoms with Crippen molar-refractivity contribution in [3.05, 3.63) is 11.6 Å². The molecule has 1 radical (unpaired) electrons. The molecule has 0 spiro atoms. The number of aldehydes is 1. The first-order valence-corrected chi connectivity index (χ1v) is 8.18. The lowest BCUT2D eigenvalue weighted by atomic mass is 10.0. The average Bonchev–Trinajstić information content (AvgIpc) is 2.40. The maximum Gasteiger partial charge on any atom is 0.123 e. The first kappa shape index (κ1) is 21.7. The molecule has 0 aliphatic carbocycles. The van der Waals surface area contributed by atoms with E-state index in [-0.39, 0.29) is 6.61 Å². The van der Waals surface area contributed by atoms with Crippen LogP contribution in [0.15, 0.2) is 11.6 Å². The quantitative estimate of drug-likeness (QED) is 0.380. The van der Waals surface area contributed by atoms with Crippen molar-refractivity contribution in [2.45, 2.75) is 79.6 Å². The largest absolute Gasteiger partial charge is 0.303 e. The summed E-state index contributed by atoms with van der Waals surface area (Å²) in [5.41, 5.74) is 1.37. The van der Waals surface area contributed by atoms with Gasteiger partial charge in [0.05, 0.1) is 6.61 Å². The van der Waals surface area contributed by atoms with Gasteiger partial charge in [-0.2, -0.15) is 0 Å². The van der Waals surface area contributed by atoms with Gasteiger partial charge in [-0.25, -0.2) is 5.11 Å². The van der Waals surface area contributed by atoms with Gasteiger partial charge in [0.25, 0.3) is 0 Å². The van der Waals surface area contributed by atoms with E-state index < -0.39 is 0 Å². The summed E-state index contributed by atoms with van der Waals surface area (Å²) < 4.78 is 0. The molecule has 0 rings (SSSR count). The fourth-order valence-corrected chi connectivity index (χ4v) is 1.84. The van der Waals surface area contributed by atoms with Crippen LogP contribution in [0.5, 0.6) is 0 Å². The van der Waals surface area contributed by atoms with Gasteiger partial charge in [0.1, 0.15) is 6.29 Å². The molecule has 0 saturated carbocycles. The molecule has 0 aliphatic rings. The van der Waals surface area contributed by atoms with E-state index in [1.54, 1.807) is 0 Å². The second-order valence-electron chi connectivity index (χ2n) is 5.90. The van der Waals surface area contributed by atoms with Gasteiger partial charge >= 0.3 is 0 Å². The predicted octanol–water partition coefficient (Wildman–Crippen LogP) is 5.59. The van der Waals surface area contributed by atoms with Crippen LogP contribution >= 0.6 is 0 Å². The summed E-state index contributed by atoms with van der Waals surface area (Å²) in [6.45, 7) is 10.7. The summed E-state index contributed by atoms with van der Waals surface area (Å²) in [5, 5.41) is 10.2. The van der Waals surface area contributed by atoms with Gasteiger partial charge in [-0.05, 0) is 51.9 Å². The van der Waals surface area contributed by atoms with E-state index in [9.17, 15) is 9.90 Å². The van der Waals surface area contributed by atoms with E-state index in [0.717, 1.165) is 38.4 Å². The highest BCUT2D eigenvalue weighted by Gasteiger charge is 2.01. The molecule has 0 heterocycles. The molecule has 119 valence electrons. The Morgan fingerprint density at radius 3 is 2.15 bits per heavy atom. The van der Waals surface area contributed by atoms with Crippen LogP contribution < -0.4 is 0 Å². The van der Waals surface area contributed by atoms with Gasteiger partial charge in [0, 0.05) is 5.92 Å². The molecular weight excluding hydrogens is 248 g/mol. The van der Waals surface area contributed by atoms with Gasteiger partial charge in [-0.3, -0.25) is 0 Å². The second-order valence-corrected chi connectivity index (χ2v) is 5.90. The number of carbonyl (C=O) groups excluding carboxylic acids is 1. The standard InChI is InChI=1S/C10H19O.C8H16O/c1-9(2)5-4-6-10(3)7-8-11;1-3-5-6-8(4-2)7-9/h5,10H,4,6-8H2,1-3H3;7-8H,3-6H2,1-2H3. The topological polar surface area (TPSA) is 37.0 Å². The third kappa shape index (κ3) is 17.4. The molecule has 2 nitrogen and oxygen atoms in total. The Kier molecular flexibility index (Phi) is 17.8. The maximum absolute atomic E-state index is 10.2. The van der Waals surface area contributed by atoms with E-state index in [1.807, 2.05) is 0 Å². The predicted molar refractivity (Wildman–Crippen MR) is 87.4 cm³/mol. The van der Waals surface area contributed by atoms with Crippen LogP contribution in [-0.4, -0.2) is 12.9 Å². The summed E-state index contributed by atoms with van der Waals surface area (Å²) in [6, 6.07) is 0. The molecule has 0 aromatic carbocycles. The smallest absolute Gasteiger partial charge is 0.123 e. The number of allylic oxidation sites excluding steroid dienone is 2. The van der Waals surface area contributed by atoms with Gasteiger partial charge < -0.3 is 4.79 Å². The van der Waals surface area contributed by atoms with Crippen molar-refractivity contribution < 1.29 is 9.90 Å². The number of unbranched alkanes of at least 4 members (excludes halogenated alkanes) is 1. The minimum atomic E-state index is 0.0794. The first-order valence-electron chi connectivity index (χ1n) is 8.18. The Labute approximate surface area is 126 Å². The fourth-order valence-electron chi connectivity index (χ4n) is 1.84. The summed E-state index contributed by atoms with van der Waals surface area (Å²) in [5.74, 6) is 0.924. The Morgan fingerprint density at radius 1 is 1.10 bits per heavy atom. The van der Waals surface area contributed by atoms with E-state index >= 15 is 0 Å². The SMILES string of the molecule is CC(C)=CCCC(C)CC[O].CCCCC(C=O)CC. The molecule has 0 bridgehead atoms. The van der Waals surface area contributed by atoms with Crippen LogP contribution in [0.2, 0.25) is 0 Å². The lowest BCUT2D eigenvalue weighted by Crippen LogP contribution is -1.98. The Bertz CT molecular complexity index is 230. The molecule has 2 heteroatoms. The van der Waals surface area contributed by atoms with E-state index in [0.29, 0.717) is 11.8 Å². The summed E-state index contributed by atoms with van der Waals surface area (Å²) >= 11 is 0. The third-order valence-corrected chi connectivity index (χ3v) is 3.47. The highest BCUT2D eigenvalue weighted by atomic mass is 16.3. The van der Waals surface area contributed by atoms with E-state index in [1.165, 1.54) is 18.4 Å². The van der Waals surface area contributed by atoms with Crippen LogP contribution in [0, 0.1) is 11.8 Å². The van der Waals surface area contributed by atoms with Crippen molar-refractivity contribution >= 4 is 6.29 Å². The molecule has 2 atom stereocenters. The highest BCUT2D eigenvalue weighted by Crippen LogP contribution is 2.10. The number of carbonyl (C=O) groups is 1. The molecule has 0 aromatic rings. The summed E-state index contributed by atoms with van der Waals surface area (Å²) in [6.07, 6.45) is 10.9. The van der Waals surface area contributed by atoms with Crippen LogP contribution in [-0.2, 0) is 9.90 Å². The highest BCUT2D eigenvalue weighted by molar-refractivity contribution is 5.53. The van der Waals surface area contributed by atoms with Gasteiger partial charge in [0.2, 0.25) is 0 Å². The zero-order valence-corrected chi connectivity index (χ0v) is 14.3. The lowest BCUT2D eigenvalue weighted by Gasteiger charge is -2.05. The Hall–Kier alpha value is -0.630. The average molecular weight is 283 g/mol. The van der Waals surface area contributed by atoms with Crippen molar-refractivity contribution in [3.63, 3.8) is 0 Å². The number of hydrogen-bond donors (Lipinski definition) is 0. The Morgan fingerprint density at radius 2 is 1.75 bits per heavy atom. The minimum Gasteiger partial charge on any atom is -0.303 e.